The average Bonchev–Trinajstić information content (AvgIpc) is 2.94. The number of carbonyl (C=O) groups is 4. The minimum absolute atomic E-state index is 0. The van der Waals surface area contributed by atoms with Crippen LogP contribution in [0, 0.1) is 5.92 Å². The van der Waals surface area contributed by atoms with Crippen molar-refractivity contribution >= 4 is 31.7 Å². The molecule has 14 heteroatoms. The molecule has 6 N–H and O–H groups in total. The zero-order valence-corrected chi connectivity index (χ0v) is 18.7. The van der Waals surface area contributed by atoms with Gasteiger partial charge in [0.05, 0.1) is 12.8 Å². The van der Waals surface area contributed by atoms with Gasteiger partial charge in [-0.25, -0.2) is 4.57 Å². The summed E-state index contributed by atoms with van der Waals surface area (Å²) in [5.74, 6) is -3.16. The minimum atomic E-state index is -4.64. The van der Waals surface area contributed by atoms with Gasteiger partial charge in [0, 0.05) is 12.4 Å². The Morgan fingerprint density at radius 1 is 0.857 bits per heavy atom. The third-order valence-electron chi connectivity index (χ3n) is 2.79. The van der Waals surface area contributed by atoms with Crippen LogP contribution in [0.2, 0.25) is 0 Å². The van der Waals surface area contributed by atoms with Crippen LogP contribution in [0.1, 0.15) is 58.3 Å². The number of carbonyl (C=O) groups excluding carboxylic acids is 1. The normalized spacial score (nSPS) is 12.4. The van der Waals surface area contributed by atoms with Crippen molar-refractivity contribution in [3.8, 4) is 0 Å². The van der Waals surface area contributed by atoms with Gasteiger partial charge in [-0.3, -0.25) is 14.4 Å². The minimum Gasteiger partial charge on any atom is -0.550 e. The van der Waals surface area contributed by atoms with Gasteiger partial charge in [-0.15, -0.1) is 0 Å². The SMILES string of the molecule is CC(=O)[O-].O=C(O)CCC(=O)O.O=C(O)CCC1CCCC1.O=P(O)(O)O.[Na+]. The van der Waals surface area contributed by atoms with Crippen LogP contribution in [0.15, 0.2) is 0 Å². The molecule has 0 heterocycles. The van der Waals surface area contributed by atoms with E-state index in [0.29, 0.717) is 6.42 Å². The molecule has 0 spiro atoms. The van der Waals surface area contributed by atoms with Gasteiger partial charge in [0.15, 0.2) is 0 Å². The Labute approximate surface area is 184 Å². The Morgan fingerprint density at radius 3 is 1.32 bits per heavy atom. The van der Waals surface area contributed by atoms with Crippen molar-refractivity contribution in [3.05, 3.63) is 0 Å². The van der Waals surface area contributed by atoms with E-state index in [-0.39, 0.29) is 42.4 Å². The zero-order chi connectivity index (χ0) is 22.0. The van der Waals surface area contributed by atoms with Gasteiger partial charge in [-0.1, -0.05) is 25.7 Å². The van der Waals surface area contributed by atoms with Gasteiger partial charge < -0.3 is 39.9 Å². The number of rotatable bonds is 6. The van der Waals surface area contributed by atoms with Crippen LogP contribution in [0.25, 0.3) is 0 Å². The predicted octanol–water partition coefficient (Wildman–Crippen LogP) is -3.19. The summed E-state index contributed by atoms with van der Waals surface area (Å²) in [6.45, 7) is 0.972. The average molecular weight is 440 g/mol. The van der Waals surface area contributed by atoms with Crippen molar-refractivity contribution in [1.29, 1.82) is 0 Å². The van der Waals surface area contributed by atoms with Crippen LogP contribution in [-0.4, -0.2) is 53.9 Å². The van der Waals surface area contributed by atoms with E-state index in [0.717, 1.165) is 19.3 Å². The summed E-state index contributed by atoms with van der Waals surface area (Å²) in [7, 11) is -4.64. The number of carboxylic acid groups (broad SMARTS) is 4. The predicted molar refractivity (Wildman–Crippen MR) is 88.3 cm³/mol. The molecule has 12 nitrogen and oxygen atoms in total. The van der Waals surface area contributed by atoms with E-state index >= 15 is 0 Å². The zero-order valence-electron chi connectivity index (χ0n) is 15.8. The molecule has 0 aromatic heterocycles. The molecule has 1 aliphatic carbocycles. The molecule has 1 saturated carbocycles. The quantitative estimate of drug-likeness (QED) is 0.177. The maximum absolute atomic E-state index is 10.2. The van der Waals surface area contributed by atoms with Crippen LogP contribution < -0.4 is 34.7 Å². The van der Waals surface area contributed by atoms with Crippen LogP contribution in [0.3, 0.4) is 0 Å². The molecule has 0 bridgehead atoms. The topological polar surface area (TPSA) is 230 Å². The molecule has 28 heavy (non-hydrogen) atoms. The molecule has 1 rings (SSSR count). The molecular formula is C14H26NaO12P. The van der Waals surface area contributed by atoms with Crippen molar-refractivity contribution in [2.45, 2.75) is 58.3 Å². The first kappa shape index (κ1) is 34.5. The van der Waals surface area contributed by atoms with Crippen LogP contribution >= 0.6 is 7.82 Å². The second kappa shape index (κ2) is 20.7. The molecule has 0 amide bonds. The van der Waals surface area contributed by atoms with Crippen molar-refractivity contribution < 1.29 is 88.4 Å². The maximum Gasteiger partial charge on any atom is 1.00 e. The van der Waals surface area contributed by atoms with Gasteiger partial charge >= 0.3 is 55.3 Å². The fourth-order valence-electron chi connectivity index (χ4n) is 1.84. The van der Waals surface area contributed by atoms with E-state index in [4.69, 9.17) is 44.5 Å². The molecule has 160 valence electrons. The molecule has 0 aliphatic heterocycles. The van der Waals surface area contributed by atoms with Gasteiger partial charge in [0.2, 0.25) is 0 Å². The Bertz CT molecular complexity index is 472. The van der Waals surface area contributed by atoms with Gasteiger partial charge in [-0.2, -0.15) is 0 Å². The van der Waals surface area contributed by atoms with E-state index in [2.05, 4.69) is 0 Å². The molecule has 0 aromatic rings. The Morgan fingerprint density at radius 2 is 1.11 bits per heavy atom. The summed E-state index contributed by atoms with van der Waals surface area (Å²) < 4.78 is 8.88. The first-order valence-electron chi connectivity index (χ1n) is 7.76. The molecule has 0 unspecified atom stereocenters. The van der Waals surface area contributed by atoms with Crippen molar-refractivity contribution in [3.63, 3.8) is 0 Å². The molecule has 0 radical (unpaired) electrons. The van der Waals surface area contributed by atoms with E-state index < -0.39 is 31.7 Å². The van der Waals surface area contributed by atoms with Gasteiger partial charge in [0.1, 0.15) is 0 Å². The smallest absolute Gasteiger partial charge is 0.550 e. The third-order valence-corrected chi connectivity index (χ3v) is 2.79. The van der Waals surface area contributed by atoms with E-state index in [1.165, 1.54) is 25.7 Å². The molecule has 1 fully saturated rings. The Hall–Kier alpha value is -1.01. The number of carboxylic acids is 4. The van der Waals surface area contributed by atoms with Crippen LogP contribution in [-0.2, 0) is 23.7 Å². The number of hydrogen-bond acceptors (Lipinski definition) is 6. The maximum atomic E-state index is 10.2. The van der Waals surface area contributed by atoms with E-state index in [1.54, 1.807) is 0 Å². The largest absolute Gasteiger partial charge is 1.00 e. The standard InChI is InChI=1S/C8H14O2.C4H6O4.C2H4O2.Na.H3O4P/c9-8(10)6-5-7-3-1-2-4-7;5-3(6)1-2-4(7)8;1-2(3)4;;1-5(2,3)4/h7H,1-6H2,(H,9,10);1-2H2,(H,5,6)(H,7,8);1H3,(H,3,4);;(H3,1,2,3,4)/q;;;+1;/p-1. The van der Waals surface area contributed by atoms with Gasteiger partial charge in [-0.05, 0) is 19.3 Å². The second-order valence-electron chi connectivity index (χ2n) is 5.38. The summed E-state index contributed by atoms with van der Waals surface area (Å²) >= 11 is 0. The fourth-order valence-corrected chi connectivity index (χ4v) is 1.84. The third kappa shape index (κ3) is 56.3. The number of hydrogen-bond donors (Lipinski definition) is 6. The summed E-state index contributed by atoms with van der Waals surface area (Å²) in [4.78, 5) is 59.9. The molecule has 1 aliphatic rings. The molecule has 0 atom stereocenters. The first-order chi connectivity index (χ1) is 12.1. The van der Waals surface area contributed by atoms with Crippen molar-refractivity contribution in [2.24, 2.45) is 5.92 Å². The summed E-state index contributed by atoms with van der Waals surface area (Å²) in [5.41, 5.74) is 0. The first-order valence-corrected chi connectivity index (χ1v) is 9.32. The molecule has 0 aromatic carbocycles. The second-order valence-corrected chi connectivity index (χ2v) is 6.40. The van der Waals surface area contributed by atoms with E-state index in [9.17, 15) is 14.4 Å². The summed E-state index contributed by atoms with van der Waals surface area (Å²) in [5, 5.41) is 33.1. The van der Waals surface area contributed by atoms with Gasteiger partial charge in [0.25, 0.3) is 0 Å². The molecular weight excluding hydrogens is 414 g/mol. The monoisotopic (exact) mass is 440 g/mol. The van der Waals surface area contributed by atoms with Crippen LogP contribution in [0.5, 0.6) is 0 Å². The summed E-state index contributed by atoms with van der Waals surface area (Å²) in [6.07, 6.45) is 5.81. The fraction of sp³-hybridized carbons (Fsp3) is 0.714. The summed E-state index contributed by atoms with van der Waals surface area (Å²) in [6, 6.07) is 0. The van der Waals surface area contributed by atoms with Crippen molar-refractivity contribution in [2.75, 3.05) is 0 Å². The van der Waals surface area contributed by atoms with Crippen molar-refractivity contribution in [1.82, 2.24) is 0 Å². The Kier molecular flexibility index (Phi) is 25.5. The van der Waals surface area contributed by atoms with E-state index in [1.807, 2.05) is 0 Å². The Balaban J connectivity index is -0.000000145. The van der Waals surface area contributed by atoms with Crippen LogP contribution in [0.4, 0.5) is 0 Å². The molecule has 0 saturated heterocycles. The number of phosphoric acid groups is 1. The number of aliphatic carboxylic acids is 4.